The number of carbonyl (C=O) groups excluding carboxylic acids is 5. The SMILES string of the molecule is C=[P+](C)C1OCC(OC(C)C)C(C(CO)OC2(C(=O)OC)CC3OC(=O)CC3C(C(OC(C)=O)C(COC(C)=O)OC(C)=O)O2)O1. The molecule has 3 heterocycles. The zero-order valence-electron chi connectivity index (χ0n) is 27.0. The second-order valence-corrected chi connectivity index (χ2v) is 13.4. The summed E-state index contributed by atoms with van der Waals surface area (Å²) in [6.07, 6.45) is -5.31. The van der Waals surface area contributed by atoms with Crippen LogP contribution in [0.2, 0.25) is 0 Å². The van der Waals surface area contributed by atoms with E-state index in [0.29, 0.717) is 0 Å². The lowest BCUT2D eigenvalue weighted by atomic mass is 9.82. The Morgan fingerprint density at radius 2 is 1.76 bits per heavy atom. The number of aliphatic hydroxyl groups is 1. The molecule has 1 N–H and O–H groups in total. The molecule has 0 radical (unpaired) electrons. The van der Waals surface area contributed by atoms with Crippen molar-refractivity contribution in [1.82, 2.24) is 0 Å². The van der Waals surface area contributed by atoms with Gasteiger partial charge >= 0.3 is 35.9 Å². The van der Waals surface area contributed by atoms with Gasteiger partial charge in [0, 0.05) is 26.7 Å². The van der Waals surface area contributed by atoms with Crippen molar-refractivity contribution >= 4 is 43.7 Å². The highest BCUT2D eigenvalue weighted by Gasteiger charge is 2.62. The summed E-state index contributed by atoms with van der Waals surface area (Å²) in [5.74, 6) is -7.27. The van der Waals surface area contributed by atoms with Crippen LogP contribution < -0.4 is 0 Å². The molecule has 16 nitrogen and oxygen atoms in total. The Morgan fingerprint density at radius 1 is 1.09 bits per heavy atom. The number of ether oxygens (including phenoxy) is 10. The highest BCUT2D eigenvalue weighted by molar-refractivity contribution is 7.55. The smallest absolute Gasteiger partial charge is 0.366 e. The van der Waals surface area contributed by atoms with E-state index in [4.69, 9.17) is 47.4 Å². The van der Waals surface area contributed by atoms with E-state index in [-0.39, 0.29) is 25.6 Å². The Labute approximate surface area is 267 Å². The Kier molecular flexibility index (Phi) is 13.5. The molecule has 260 valence electrons. The Hall–Kier alpha value is -2.72. The summed E-state index contributed by atoms with van der Waals surface area (Å²) in [6.45, 7) is 7.57. The fraction of sp³-hybridized carbons (Fsp3) is 0.793. The van der Waals surface area contributed by atoms with Crippen LogP contribution in [0.4, 0.5) is 0 Å². The van der Waals surface area contributed by atoms with Gasteiger partial charge in [0.25, 0.3) is 5.79 Å². The molecule has 0 amide bonds. The summed E-state index contributed by atoms with van der Waals surface area (Å²) < 4.78 is 57.3. The van der Waals surface area contributed by atoms with Crippen molar-refractivity contribution < 1.29 is 76.4 Å². The third-order valence-corrected chi connectivity index (χ3v) is 8.37. The zero-order valence-corrected chi connectivity index (χ0v) is 27.9. The molecule has 0 aliphatic carbocycles. The van der Waals surface area contributed by atoms with Crippen LogP contribution in [0.5, 0.6) is 0 Å². The summed E-state index contributed by atoms with van der Waals surface area (Å²) >= 11 is 0. The molecule has 3 fully saturated rings. The van der Waals surface area contributed by atoms with Crippen molar-refractivity contribution in [3.05, 3.63) is 0 Å². The largest absolute Gasteiger partial charge is 0.465 e. The number of carbonyl (C=O) groups is 5. The number of aliphatic hydroxyl groups excluding tert-OH is 1. The fourth-order valence-electron chi connectivity index (χ4n) is 5.66. The van der Waals surface area contributed by atoms with Gasteiger partial charge in [-0.1, -0.05) is 0 Å². The molecular weight excluding hydrogens is 635 g/mol. The lowest BCUT2D eigenvalue weighted by molar-refractivity contribution is -0.349. The van der Waals surface area contributed by atoms with Gasteiger partial charge in [-0.25, -0.2) is 4.79 Å². The number of hydrogen-bond acceptors (Lipinski definition) is 16. The van der Waals surface area contributed by atoms with Crippen LogP contribution >= 0.6 is 7.55 Å². The van der Waals surface area contributed by atoms with Crippen molar-refractivity contribution in [3.63, 3.8) is 0 Å². The molecule has 3 rings (SSSR count). The van der Waals surface area contributed by atoms with Crippen LogP contribution in [0.3, 0.4) is 0 Å². The van der Waals surface area contributed by atoms with E-state index in [1.165, 1.54) is 0 Å². The van der Waals surface area contributed by atoms with Gasteiger partial charge in [0.2, 0.25) is 0 Å². The third kappa shape index (κ3) is 9.43. The second kappa shape index (κ2) is 16.4. The summed E-state index contributed by atoms with van der Waals surface area (Å²) in [4.78, 5) is 62.3. The van der Waals surface area contributed by atoms with Gasteiger partial charge in [-0.05, 0) is 13.8 Å². The van der Waals surface area contributed by atoms with Crippen molar-refractivity contribution in [2.45, 2.75) is 108 Å². The minimum absolute atomic E-state index is 0.0708. The Balaban J connectivity index is 2.09. The van der Waals surface area contributed by atoms with E-state index in [1.807, 2.05) is 6.66 Å². The van der Waals surface area contributed by atoms with Crippen LogP contribution in [0.1, 0.15) is 47.5 Å². The molecule has 0 bridgehead atoms. The maximum atomic E-state index is 13.6. The monoisotopic (exact) mass is 679 g/mol. The molecule has 17 heteroatoms. The molecule has 0 saturated carbocycles. The first-order chi connectivity index (χ1) is 21.6. The predicted molar refractivity (Wildman–Crippen MR) is 157 cm³/mol. The average Bonchev–Trinajstić information content (AvgIpc) is 3.35. The molecule has 11 atom stereocenters. The van der Waals surface area contributed by atoms with E-state index >= 15 is 0 Å². The molecule has 0 aromatic carbocycles. The van der Waals surface area contributed by atoms with E-state index in [9.17, 15) is 29.1 Å². The molecular formula is C29H44O16P+. The minimum atomic E-state index is -2.37. The van der Waals surface area contributed by atoms with E-state index in [0.717, 1.165) is 27.9 Å². The van der Waals surface area contributed by atoms with E-state index < -0.39 is 111 Å². The summed E-state index contributed by atoms with van der Waals surface area (Å²) in [6, 6.07) is -0.738. The first kappa shape index (κ1) is 37.7. The fourth-order valence-corrected chi connectivity index (χ4v) is 6.34. The van der Waals surface area contributed by atoms with Crippen molar-refractivity contribution in [2.75, 3.05) is 33.6 Å². The molecule has 0 spiro atoms. The average molecular weight is 680 g/mol. The number of fused-ring (bicyclic) bond motifs is 1. The van der Waals surface area contributed by atoms with Gasteiger partial charge in [-0.3, -0.25) is 19.2 Å². The van der Waals surface area contributed by atoms with Gasteiger partial charge < -0.3 is 52.5 Å². The molecule has 3 aliphatic heterocycles. The number of hydrogen-bond donors (Lipinski definition) is 1. The minimum Gasteiger partial charge on any atom is -0.465 e. The van der Waals surface area contributed by atoms with Crippen LogP contribution in [-0.4, -0.2) is 135 Å². The van der Waals surface area contributed by atoms with Crippen LogP contribution in [0.25, 0.3) is 0 Å². The highest BCUT2D eigenvalue weighted by Crippen LogP contribution is 2.45. The van der Waals surface area contributed by atoms with E-state index in [2.05, 4.69) is 6.30 Å². The van der Waals surface area contributed by atoms with Crippen molar-refractivity contribution in [1.29, 1.82) is 0 Å². The molecule has 3 saturated heterocycles. The molecule has 46 heavy (non-hydrogen) atoms. The third-order valence-electron chi connectivity index (χ3n) is 7.38. The normalized spacial score (nSPS) is 31.5. The lowest BCUT2D eigenvalue weighted by Gasteiger charge is -2.48. The first-order valence-corrected chi connectivity index (χ1v) is 16.8. The lowest BCUT2D eigenvalue weighted by Crippen LogP contribution is -2.64. The molecule has 0 aromatic rings. The molecule has 0 aromatic heterocycles. The molecule has 3 aliphatic rings. The van der Waals surface area contributed by atoms with Crippen LogP contribution in [0.15, 0.2) is 0 Å². The standard InChI is InChI=1S/C29H44O16P/c1-14(2)39-21-13-38-28(46(7)8)43-25(21)20(11-30)44-29(27(35)36-6)10-19-18(9-23(34)42-19)24(45-29)26(41-17(5)33)22(40-16(4)32)12-37-15(3)31/h14,18-22,24-26,28,30H,7,9-13H2,1-6,8H3/q+1. The zero-order chi connectivity index (χ0) is 34.3. The van der Waals surface area contributed by atoms with Gasteiger partial charge in [0.05, 0.1) is 45.6 Å². The molecule has 11 unspecified atom stereocenters. The maximum absolute atomic E-state index is 13.6. The van der Waals surface area contributed by atoms with E-state index in [1.54, 1.807) is 13.8 Å². The Morgan fingerprint density at radius 3 is 2.30 bits per heavy atom. The van der Waals surface area contributed by atoms with Gasteiger partial charge in [-0.15, -0.1) is 0 Å². The van der Waals surface area contributed by atoms with Gasteiger partial charge in [0.1, 0.15) is 51.3 Å². The second-order valence-electron chi connectivity index (χ2n) is 11.5. The highest BCUT2D eigenvalue weighted by atomic mass is 31.1. The Bertz CT molecular complexity index is 1140. The summed E-state index contributed by atoms with van der Waals surface area (Å²) in [7, 11) is 0.0646. The van der Waals surface area contributed by atoms with Crippen molar-refractivity contribution in [2.24, 2.45) is 5.92 Å². The van der Waals surface area contributed by atoms with Crippen LogP contribution in [0, 0.1) is 5.92 Å². The summed E-state index contributed by atoms with van der Waals surface area (Å²) in [5.41, 5.74) is 0. The number of methoxy groups -OCH3 is 1. The van der Waals surface area contributed by atoms with Gasteiger partial charge in [0.15, 0.2) is 12.2 Å². The summed E-state index contributed by atoms with van der Waals surface area (Å²) in [5, 5.41) is 10.6. The maximum Gasteiger partial charge on any atom is 0.366 e. The van der Waals surface area contributed by atoms with Crippen LogP contribution in [-0.2, 0) is 71.3 Å². The predicted octanol–water partition coefficient (Wildman–Crippen LogP) is 0.417. The number of rotatable bonds is 14. The van der Waals surface area contributed by atoms with Gasteiger partial charge in [-0.2, -0.15) is 0 Å². The van der Waals surface area contributed by atoms with Crippen molar-refractivity contribution in [3.8, 4) is 0 Å². The number of esters is 5. The first-order valence-electron chi connectivity index (χ1n) is 14.8. The topological polar surface area (TPSA) is 198 Å². The quantitative estimate of drug-likeness (QED) is 0.150.